The molecule has 1 rings (SSSR count). The zero-order valence-corrected chi connectivity index (χ0v) is 11.9. The standard InChI is InChI=1S/C13H24N4O2/c1-4-7-14-12-11(19-3)13(17-9-16-12)15-8-6-10(18)5-2/h9-10,18H,4-8H2,1-3H3,(H2,14,15,16,17). The molecular weight excluding hydrogens is 244 g/mol. The lowest BCUT2D eigenvalue weighted by Crippen LogP contribution is -2.14. The molecule has 0 saturated carbocycles. The molecule has 1 aromatic rings. The Morgan fingerprint density at radius 1 is 1.21 bits per heavy atom. The number of hydrogen-bond acceptors (Lipinski definition) is 6. The lowest BCUT2D eigenvalue weighted by Gasteiger charge is -2.14. The van der Waals surface area contributed by atoms with Crippen molar-refractivity contribution in [1.82, 2.24) is 9.97 Å². The van der Waals surface area contributed by atoms with Gasteiger partial charge in [-0.1, -0.05) is 13.8 Å². The second kappa shape index (κ2) is 8.53. The number of rotatable bonds is 9. The summed E-state index contributed by atoms with van der Waals surface area (Å²) in [7, 11) is 1.60. The van der Waals surface area contributed by atoms with Gasteiger partial charge >= 0.3 is 0 Å². The molecule has 0 fully saturated rings. The quantitative estimate of drug-likeness (QED) is 0.634. The molecule has 19 heavy (non-hydrogen) atoms. The van der Waals surface area contributed by atoms with E-state index in [2.05, 4.69) is 27.5 Å². The zero-order chi connectivity index (χ0) is 14.1. The second-order valence-corrected chi connectivity index (χ2v) is 4.31. The smallest absolute Gasteiger partial charge is 0.204 e. The Morgan fingerprint density at radius 3 is 2.37 bits per heavy atom. The van der Waals surface area contributed by atoms with Crippen LogP contribution >= 0.6 is 0 Å². The maximum atomic E-state index is 9.52. The lowest BCUT2D eigenvalue weighted by molar-refractivity contribution is 0.164. The number of ether oxygens (including phenoxy) is 1. The van der Waals surface area contributed by atoms with E-state index in [4.69, 9.17) is 4.74 Å². The summed E-state index contributed by atoms with van der Waals surface area (Å²) in [5.41, 5.74) is 0. The van der Waals surface area contributed by atoms with Gasteiger partial charge in [-0.2, -0.15) is 0 Å². The summed E-state index contributed by atoms with van der Waals surface area (Å²) in [4.78, 5) is 8.34. The highest BCUT2D eigenvalue weighted by molar-refractivity contribution is 5.63. The first-order chi connectivity index (χ1) is 9.22. The number of nitrogens with zero attached hydrogens (tertiary/aromatic N) is 2. The van der Waals surface area contributed by atoms with Crippen LogP contribution in [0.5, 0.6) is 5.75 Å². The van der Waals surface area contributed by atoms with Gasteiger partial charge < -0.3 is 20.5 Å². The fourth-order valence-corrected chi connectivity index (χ4v) is 1.62. The summed E-state index contributed by atoms with van der Waals surface area (Å²) in [5, 5.41) is 15.9. The summed E-state index contributed by atoms with van der Waals surface area (Å²) in [6.07, 6.45) is 3.67. The van der Waals surface area contributed by atoms with E-state index in [1.165, 1.54) is 6.33 Å². The molecule has 0 saturated heterocycles. The summed E-state index contributed by atoms with van der Waals surface area (Å²) in [6.45, 7) is 5.53. The molecule has 0 aliphatic heterocycles. The predicted molar refractivity (Wildman–Crippen MR) is 76.8 cm³/mol. The molecular formula is C13H24N4O2. The van der Waals surface area contributed by atoms with Gasteiger partial charge in [0.15, 0.2) is 11.6 Å². The van der Waals surface area contributed by atoms with Gasteiger partial charge in [0, 0.05) is 13.1 Å². The van der Waals surface area contributed by atoms with Crippen LogP contribution in [0.15, 0.2) is 6.33 Å². The third-order valence-corrected chi connectivity index (χ3v) is 2.79. The monoisotopic (exact) mass is 268 g/mol. The SMILES string of the molecule is CCCNc1ncnc(NCCC(O)CC)c1OC. The van der Waals surface area contributed by atoms with Gasteiger partial charge in [0.25, 0.3) is 0 Å². The highest BCUT2D eigenvalue weighted by Crippen LogP contribution is 2.28. The first kappa shape index (κ1) is 15.5. The van der Waals surface area contributed by atoms with Crippen LogP contribution in [-0.4, -0.2) is 41.4 Å². The van der Waals surface area contributed by atoms with Gasteiger partial charge in [0.1, 0.15) is 6.33 Å². The predicted octanol–water partition coefficient (Wildman–Crippen LogP) is 1.88. The number of hydrogen-bond donors (Lipinski definition) is 3. The van der Waals surface area contributed by atoms with E-state index in [1.54, 1.807) is 7.11 Å². The lowest BCUT2D eigenvalue weighted by atomic mass is 10.2. The number of aromatic nitrogens is 2. The average Bonchev–Trinajstić information content (AvgIpc) is 2.44. The van der Waals surface area contributed by atoms with Crippen LogP contribution in [0, 0.1) is 0 Å². The van der Waals surface area contributed by atoms with Crippen molar-refractivity contribution < 1.29 is 9.84 Å². The van der Waals surface area contributed by atoms with Crippen molar-refractivity contribution in [3.63, 3.8) is 0 Å². The number of nitrogens with one attached hydrogen (secondary N) is 2. The highest BCUT2D eigenvalue weighted by Gasteiger charge is 2.11. The molecule has 0 radical (unpaired) electrons. The molecule has 1 heterocycles. The molecule has 6 heteroatoms. The van der Waals surface area contributed by atoms with Crippen LogP contribution in [0.4, 0.5) is 11.6 Å². The van der Waals surface area contributed by atoms with Crippen molar-refractivity contribution in [2.45, 2.75) is 39.2 Å². The van der Waals surface area contributed by atoms with Gasteiger partial charge in [-0.25, -0.2) is 9.97 Å². The molecule has 1 aromatic heterocycles. The Hall–Kier alpha value is -1.56. The third-order valence-electron chi connectivity index (χ3n) is 2.79. The van der Waals surface area contributed by atoms with Gasteiger partial charge in [-0.3, -0.25) is 0 Å². The fraction of sp³-hybridized carbons (Fsp3) is 0.692. The van der Waals surface area contributed by atoms with Crippen molar-refractivity contribution in [2.24, 2.45) is 0 Å². The summed E-state index contributed by atoms with van der Waals surface area (Å²) >= 11 is 0. The Kier molecular flexibility index (Phi) is 6.95. The van der Waals surface area contributed by atoms with E-state index in [1.807, 2.05) is 6.92 Å². The summed E-state index contributed by atoms with van der Waals surface area (Å²) in [5.74, 6) is 1.96. The molecule has 0 spiro atoms. The van der Waals surface area contributed by atoms with Crippen molar-refractivity contribution >= 4 is 11.6 Å². The van der Waals surface area contributed by atoms with Crippen LogP contribution in [0.2, 0.25) is 0 Å². The number of anilines is 2. The van der Waals surface area contributed by atoms with Crippen LogP contribution in [0.1, 0.15) is 33.1 Å². The topological polar surface area (TPSA) is 79.3 Å². The van der Waals surface area contributed by atoms with E-state index in [-0.39, 0.29) is 6.10 Å². The molecule has 1 unspecified atom stereocenters. The second-order valence-electron chi connectivity index (χ2n) is 4.31. The molecule has 3 N–H and O–H groups in total. The Labute approximate surface area is 114 Å². The molecule has 0 amide bonds. The number of methoxy groups -OCH3 is 1. The average molecular weight is 268 g/mol. The molecule has 0 aliphatic carbocycles. The maximum absolute atomic E-state index is 9.52. The van der Waals surface area contributed by atoms with Gasteiger partial charge in [0.2, 0.25) is 5.75 Å². The largest absolute Gasteiger partial charge is 0.490 e. The normalized spacial score (nSPS) is 12.0. The van der Waals surface area contributed by atoms with Crippen LogP contribution in [0.3, 0.4) is 0 Å². The maximum Gasteiger partial charge on any atom is 0.204 e. The zero-order valence-electron chi connectivity index (χ0n) is 11.9. The summed E-state index contributed by atoms with van der Waals surface area (Å²) in [6, 6.07) is 0. The number of aliphatic hydroxyl groups excluding tert-OH is 1. The molecule has 6 nitrogen and oxygen atoms in total. The Balaban J connectivity index is 2.66. The minimum Gasteiger partial charge on any atom is -0.490 e. The van der Waals surface area contributed by atoms with Crippen molar-refractivity contribution in [2.75, 3.05) is 30.8 Å². The molecule has 0 aromatic carbocycles. The van der Waals surface area contributed by atoms with Gasteiger partial charge in [0.05, 0.1) is 13.2 Å². The van der Waals surface area contributed by atoms with Gasteiger partial charge in [-0.15, -0.1) is 0 Å². The first-order valence-corrected chi connectivity index (χ1v) is 6.77. The molecule has 108 valence electrons. The summed E-state index contributed by atoms with van der Waals surface area (Å²) < 4.78 is 5.34. The third kappa shape index (κ3) is 4.90. The van der Waals surface area contributed by atoms with E-state index < -0.39 is 0 Å². The minimum absolute atomic E-state index is 0.280. The van der Waals surface area contributed by atoms with Crippen LogP contribution in [-0.2, 0) is 0 Å². The molecule has 0 bridgehead atoms. The van der Waals surface area contributed by atoms with Crippen molar-refractivity contribution in [3.8, 4) is 5.75 Å². The first-order valence-electron chi connectivity index (χ1n) is 6.77. The van der Waals surface area contributed by atoms with Crippen LogP contribution < -0.4 is 15.4 Å². The van der Waals surface area contributed by atoms with E-state index in [0.717, 1.165) is 19.4 Å². The van der Waals surface area contributed by atoms with Crippen molar-refractivity contribution in [1.29, 1.82) is 0 Å². The minimum atomic E-state index is -0.280. The highest BCUT2D eigenvalue weighted by atomic mass is 16.5. The Bertz CT molecular complexity index is 374. The Morgan fingerprint density at radius 2 is 1.84 bits per heavy atom. The fourth-order valence-electron chi connectivity index (χ4n) is 1.62. The van der Waals surface area contributed by atoms with Crippen molar-refractivity contribution in [3.05, 3.63) is 6.33 Å². The van der Waals surface area contributed by atoms with Crippen LogP contribution in [0.25, 0.3) is 0 Å². The van der Waals surface area contributed by atoms with E-state index in [0.29, 0.717) is 30.4 Å². The van der Waals surface area contributed by atoms with E-state index >= 15 is 0 Å². The van der Waals surface area contributed by atoms with E-state index in [9.17, 15) is 5.11 Å². The van der Waals surface area contributed by atoms with Gasteiger partial charge in [-0.05, 0) is 19.3 Å². The molecule has 1 atom stereocenters. The number of aliphatic hydroxyl groups is 1. The molecule has 0 aliphatic rings.